The van der Waals surface area contributed by atoms with Gasteiger partial charge < -0.3 is 4.74 Å². The maximum Gasteiger partial charge on any atom is 0.333 e. The van der Waals surface area contributed by atoms with Crippen molar-refractivity contribution in [3.8, 4) is 0 Å². The second-order valence-electron chi connectivity index (χ2n) is 7.69. The third kappa shape index (κ3) is 21.2. The molecule has 0 aromatic carbocycles. The van der Waals surface area contributed by atoms with Gasteiger partial charge in [0, 0.05) is 15.8 Å². The number of esters is 1. The predicted molar refractivity (Wildman–Crippen MR) is 136 cm³/mol. The average Bonchev–Trinajstić information content (AvgIpc) is 2.56. The number of ether oxygens (including phenoxy) is 1. The van der Waals surface area contributed by atoms with Crippen LogP contribution in [-0.2, 0) is 9.53 Å². The zero-order valence-corrected chi connectivity index (χ0v) is 23.4. The number of carbonyl (C=O) groups excluding carboxylic acids is 1. The Labute approximate surface area is 192 Å². The van der Waals surface area contributed by atoms with Crippen molar-refractivity contribution in [3.63, 3.8) is 0 Å². The standard InChI is InChI=1S/C21H40I2O2Si/c1-19(2)20(24)25-18-16-14-12-10-8-6-4-3-5-7-9-11-13-15-17-21(22,23)26/h1,3-18H2,2,26H3. The average molecular weight is 606 g/mol. The molecule has 0 spiro atoms. The van der Waals surface area contributed by atoms with Crippen LogP contribution in [0.2, 0.25) is 0 Å². The third-order valence-corrected chi connectivity index (χ3v) is 6.17. The Hall–Kier alpha value is 0.887. The van der Waals surface area contributed by atoms with E-state index < -0.39 is 0 Å². The lowest BCUT2D eigenvalue weighted by Gasteiger charge is -2.13. The van der Waals surface area contributed by atoms with Gasteiger partial charge >= 0.3 is 5.97 Å². The van der Waals surface area contributed by atoms with Crippen molar-refractivity contribution < 1.29 is 9.53 Å². The second kappa shape index (κ2) is 17.9. The van der Waals surface area contributed by atoms with Crippen molar-refractivity contribution in [1.82, 2.24) is 0 Å². The number of hydrogen-bond donors (Lipinski definition) is 0. The predicted octanol–water partition coefficient (Wildman–Crippen LogP) is 6.85. The lowest BCUT2D eigenvalue weighted by atomic mass is 10.0. The molecule has 0 atom stereocenters. The smallest absolute Gasteiger partial charge is 0.333 e. The van der Waals surface area contributed by atoms with Crippen molar-refractivity contribution in [2.24, 2.45) is 0 Å². The summed E-state index contributed by atoms with van der Waals surface area (Å²) < 4.78 is 5.68. The van der Waals surface area contributed by atoms with Crippen molar-refractivity contribution in [1.29, 1.82) is 0 Å². The molecule has 5 heteroatoms. The van der Waals surface area contributed by atoms with Crippen LogP contribution < -0.4 is 0 Å². The minimum absolute atomic E-state index is 0.254. The summed E-state index contributed by atoms with van der Waals surface area (Å²) in [4.78, 5) is 11.2. The number of alkyl halides is 2. The van der Waals surface area contributed by atoms with E-state index in [4.69, 9.17) is 4.74 Å². The van der Waals surface area contributed by atoms with E-state index in [9.17, 15) is 4.79 Å². The molecule has 0 saturated heterocycles. The molecule has 154 valence electrons. The Kier molecular flexibility index (Phi) is 18.6. The fourth-order valence-corrected chi connectivity index (χ4v) is 4.06. The highest BCUT2D eigenvalue weighted by Crippen LogP contribution is 2.29. The molecule has 0 aliphatic rings. The van der Waals surface area contributed by atoms with Gasteiger partial charge in [-0.05, 0) is 19.8 Å². The Bertz CT molecular complexity index is 368. The molecule has 0 heterocycles. The van der Waals surface area contributed by atoms with Crippen LogP contribution in [0.4, 0.5) is 0 Å². The number of rotatable bonds is 18. The number of halogens is 2. The molecule has 0 aromatic heterocycles. The summed E-state index contributed by atoms with van der Waals surface area (Å²) >= 11 is 5.22. The van der Waals surface area contributed by atoms with Crippen LogP contribution >= 0.6 is 45.2 Å². The van der Waals surface area contributed by atoms with E-state index in [0.717, 1.165) is 6.42 Å². The maximum atomic E-state index is 11.2. The summed E-state index contributed by atoms with van der Waals surface area (Å²) in [6, 6.07) is 0. The summed E-state index contributed by atoms with van der Waals surface area (Å²) in [6.45, 7) is 5.82. The van der Waals surface area contributed by atoms with Crippen LogP contribution in [0.15, 0.2) is 12.2 Å². The van der Waals surface area contributed by atoms with Gasteiger partial charge in [0.05, 0.1) is 7.66 Å². The zero-order valence-electron chi connectivity index (χ0n) is 17.1. The molecular weight excluding hydrogens is 566 g/mol. The number of carbonyl (C=O) groups is 1. The lowest BCUT2D eigenvalue weighted by molar-refractivity contribution is -0.139. The molecule has 0 amide bonds. The molecule has 26 heavy (non-hydrogen) atoms. The van der Waals surface area contributed by atoms with E-state index in [2.05, 4.69) is 51.8 Å². The van der Waals surface area contributed by atoms with E-state index in [1.165, 1.54) is 100 Å². The molecule has 0 N–H and O–H groups in total. The van der Waals surface area contributed by atoms with E-state index in [1.54, 1.807) is 6.92 Å². The van der Waals surface area contributed by atoms with E-state index in [-0.39, 0.29) is 5.97 Å². The van der Waals surface area contributed by atoms with Gasteiger partial charge in [-0.2, -0.15) is 0 Å². The first-order valence-corrected chi connectivity index (χ1v) is 13.7. The zero-order chi connectivity index (χ0) is 19.7. The van der Waals surface area contributed by atoms with Crippen molar-refractivity contribution in [3.05, 3.63) is 12.2 Å². The highest BCUT2D eigenvalue weighted by Gasteiger charge is 2.12. The van der Waals surface area contributed by atoms with Gasteiger partial charge in [-0.3, -0.25) is 0 Å². The Morgan fingerprint density at radius 3 is 1.50 bits per heavy atom. The van der Waals surface area contributed by atoms with Gasteiger partial charge in [0.2, 0.25) is 0 Å². The quantitative estimate of drug-likeness (QED) is 0.0427. The van der Waals surface area contributed by atoms with Gasteiger partial charge in [0.25, 0.3) is 0 Å². The van der Waals surface area contributed by atoms with Crippen LogP contribution in [0.1, 0.15) is 103 Å². The van der Waals surface area contributed by atoms with E-state index in [1.807, 2.05) is 0 Å². The Balaban J connectivity index is 3.11. The van der Waals surface area contributed by atoms with Crippen LogP contribution in [0.3, 0.4) is 0 Å². The fraction of sp³-hybridized carbons (Fsp3) is 0.857. The molecule has 0 aliphatic carbocycles. The van der Waals surface area contributed by atoms with Crippen LogP contribution in [-0.4, -0.2) is 23.9 Å². The summed E-state index contributed by atoms with van der Waals surface area (Å²) in [5.41, 5.74) is 0.492. The van der Waals surface area contributed by atoms with Gasteiger partial charge in [-0.1, -0.05) is 135 Å². The monoisotopic (exact) mass is 606 g/mol. The van der Waals surface area contributed by atoms with E-state index >= 15 is 0 Å². The molecule has 0 rings (SSSR count). The third-order valence-electron chi connectivity index (χ3n) is 4.59. The molecule has 0 aliphatic heterocycles. The maximum absolute atomic E-state index is 11.2. The fourth-order valence-electron chi connectivity index (χ4n) is 2.95. The van der Waals surface area contributed by atoms with Crippen molar-refractivity contribution in [2.45, 2.75) is 104 Å². The number of unbranched alkanes of at least 4 members (excludes halogenated alkanes) is 13. The van der Waals surface area contributed by atoms with E-state index in [0.29, 0.717) is 13.2 Å². The molecular formula is C21H40I2O2Si. The summed E-state index contributed by atoms with van der Waals surface area (Å²) in [6.07, 6.45) is 20.3. The molecule has 0 unspecified atom stereocenters. The molecule has 0 aromatic rings. The highest BCUT2D eigenvalue weighted by molar-refractivity contribution is 14.2. The topological polar surface area (TPSA) is 26.3 Å². The SMILES string of the molecule is C=C(C)C(=O)OCCCCCCCCCCCCCCCCC([SiH3])(I)I. The van der Waals surface area contributed by atoms with Gasteiger partial charge in [-0.25, -0.2) is 4.79 Å². The minimum Gasteiger partial charge on any atom is -0.462 e. The van der Waals surface area contributed by atoms with Crippen molar-refractivity contribution in [2.75, 3.05) is 6.61 Å². The first-order valence-electron chi connectivity index (χ1n) is 10.5. The molecule has 2 nitrogen and oxygen atoms in total. The van der Waals surface area contributed by atoms with Crippen LogP contribution in [0.25, 0.3) is 0 Å². The first-order chi connectivity index (χ1) is 12.3. The van der Waals surface area contributed by atoms with Gasteiger partial charge in [-0.15, -0.1) is 0 Å². The largest absolute Gasteiger partial charge is 0.462 e. The normalized spacial score (nSPS) is 11.7. The summed E-state index contributed by atoms with van der Waals surface area (Å²) in [5, 5.41) is 0. The molecule has 0 bridgehead atoms. The summed E-state index contributed by atoms with van der Waals surface area (Å²) in [7, 11) is 1.30. The van der Waals surface area contributed by atoms with Gasteiger partial charge in [0.15, 0.2) is 0 Å². The molecule has 0 radical (unpaired) electrons. The summed E-state index contributed by atoms with van der Waals surface area (Å²) in [5.74, 6) is -0.254. The van der Waals surface area contributed by atoms with Crippen molar-refractivity contribution >= 4 is 61.4 Å². The molecule has 0 saturated carbocycles. The minimum atomic E-state index is -0.254. The lowest BCUT2D eigenvalue weighted by Crippen LogP contribution is -2.08. The first kappa shape index (κ1) is 26.9. The Morgan fingerprint density at radius 1 is 0.808 bits per heavy atom. The van der Waals surface area contributed by atoms with Crippen LogP contribution in [0.5, 0.6) is 0 Å². The second-order valence-corrected chi connectivity index (χ2v) is 20.3. The molecule has 0 fully saturated rings. The number of hydrogen-bond acceptors (Lipinski definition) is 2. The van der Waals surface area contributed by atoms with Gasteiger partial charge in [0.1, 0.15) is 0 Å². The highest BCUT2D eigenvalue weighted by atomic mass is 127. The van der Waals surface area contributed by atoms with Crippen LogP contribution in [0, 0.1) is 0 Å². The Morgan fingerprint density at radius 2 is 1.15 bits per heavy atom.